The number of anilines is 1. The van der Waals surface area contributed by atoms with E-state index in [4.69, 9.17) is 4.52 Å². The third-order valence-corrected chi connectivity index (χ3v) is 7.20. The van der Waals surface area contributed by atoms with Crippen LogP contribution in [0.2, 0.25) is 0 Å². The number of carbonyl (C=O) groups excluding carboxylic acids is 2. The molecular weight excluding hydrogens is 458 g/mol. The molecule has 5 rings (SSSR count). The number of aromatic nitrogens is 3. The van der Waals surface area contributed by atoms with Gasteiger partial charge in [0, 0.05) is 23.5 Å². The van der Waals surface area contributed by atoms with Gasteiger partial charge in [-0.1, -0.05) is 17.3 Å². The Morgan fingerprint density at radius 1 is 1.11 bits per heavy atom. The fraction of sp³-hybridized carbons (Fsp3) is 0.481. The van der Waals surface area contributed by atoms with Gasteiger partial charge in [-0.05, 0) is 88.0 Å². The molecule has 190 valence electrons. The molecule has 2 aliphatic rings. The van der Waals surface area contributed by atoms with Crippen molar-refractivity contribution < 1.29 is 19.2 Å². The van der Waals surface area contributed by atoms with E-state index in [2.05, 4.69) is 20.9 Å². The maximum atomic E-state index is 13.6. The molecule has 0 saturated heterocycles. The summed E-state index contributed by atoms with van der Waals surface area (Å²) in [6, 6.07) is 8.47. The van der Waals surface area contributed by atoms with Gasteiger partial charge < -0.3 is 20.3 Å². The van der Waals surface area contributed by atoms with Gasteiger partial charge >= 0.3 is 0 Å². The van der Waals surface area contributed by atoms with Gasteiger partial charge in [-0.3, -0.25) is 14.3 Å². The molecule has 2 amide bonds. The second-order valence-corrected chi connectivity index (χ2v) is 10.2. The third kappa shape index (κ3) is 4.93. The monoisotopic (exact) mass is 491 g/mol. The SMILES string of the molecule is Cc1noc(CO)c1-c1ccc(NC(=O)[C@@H](NC(=O)c2ccnn2C(C)C)C(C2CC2)C2CC2)cc1. The second kappa shape index (κ2) is 9.89. The predicted octanol–water partition coefficient (Wildman–Crippen LogP) is 4.09. The zero-order valence-corrected chi connectivity index (χ0v) is 20.9. The Morgan fingerprint density at radius 3 is 2.36 bits per heavy atom. The van der Waals surface area contributed by atoms with E-state index >= 15 is 0 Å². The molecule has 1 aromatic carbocycles. The van der Waals surface area contributed by atoms with Crippen LogP contribution in [0.1, 0.15) is 67.5 Å². The summed E-state index contributed by atoms with van der Waals surface area (Å²) >= 11 is 0. The van der Waals surface area contributed by atoms with E-state index in [1.54, 1.807) is 16.9 Å². The highest BCUT2D eigenvalue weighted by Gasteiger charge is 2.48. The minimum atomic E-state index is -0.617. The molecule has 2 fully saturated rings. The lowest BCUT2D eigenvalue weighted by atomic mass is 9.88. The van der Waals surface area contributed by atoms with E-state index in [1.807, 2.05) is 45.0 Å². The van der Waals surface area contributed by atoms with Crippen LogP contribution in [0, 0.1) is 24.7 Å². The van der Waals surface area contributed by atoms with Crippen LogP contribution in [0.4, 0.5) is 5.69 Å². The number of aliphatic hydroxyl groups is 1. The maximum absolute atomic E-state index is 13.6. The van der Waals surface area contributed by atoms with Crippen LogP contribution in [0.5, 0.6) is 0 Å². The first-order valence-electron chi connectivity index (χ1n) is 12.7. The molecule has 0 unspecified atom stereocenters. The Hall–Kier alpha value is -3.46. The van der Waals surface area contributed by atoms with Crippen molar-refractivity contribution in [2.75, 3.05) is 5.32 Å². The summed E-state index contributed by atoms with van der Waals surface area (Å²) in [6.45, 7) is 5.52. The molecule has 0 aliphatic heterocycles. The standard InChI is InChI=1S/C27H33N5O4/c1-15(2)32-21(12-13-28-32)26(34)30-25(24(18-4-5-18)19-6-7-19)27(35)29-20-10-8-17(9-11-20)23-16(3)31-36-22(23)14-33/h8-13,15,18-19,24-25,33H,4-7,14H2,1-3H3,(H,29,35)(H,30,34)/t25-/m0/s1. The molecule has 3 N–H and O–H groups in total. The van der Waals surface area contributed by atoms with E-state index < -0.39 is 6.04 Å². The Balaban J connectivity index is 1.36. The zero-order valence-electron chi connectivity index (χ0n) is 20.9. The number of aliphatic hydroxyl groups excluding tert-OH is 1. The number of aryl methyl sites for hydroxylation is 1. The van der Waals surface area contributed by atoms with Crippen LogP contribution in [-0.2, 0) is 11.4 Å². The van der Waals surface area contributed by atoms with Crippen molar-refractivity contribution in [3.63, 3.8) is 0 Å². The fourth-order valence-corrected chi connectivity index (χ4v) is 5.18. The Morgan fingerprint density at radius 2 is 1.78 bits per heavy atom. The van der Waals surface area contributed by atoms with E-state index in [1.165, 1.54) is 0 Å². The van der Waals surface area contributed by atoms with Crippen LogP contribution in [-0.4, -0.2) is 37.9 Å². The van der Waals surface area contributed by atoms with Crippen LogP contribution < -0.4 is 10.6 Å². The number of nitrogens with zero attached hydrogens (tertiary/aromatic N) is 3. The molecular formula is C27H33N5O4. The summed E-state index contributed by atoms with van der Waals surface area (Å²) in [6.07, 6.45) is 6.02. The highest BCUT2D eigenvalue weighted by Crippen LogP contribution is 2.51. The van der Waals surface area contributed by atoms with Crippen LogP contribution >= 0.6 is 0 Å². The van der Waals surface area contributed by atoms with Gasteiger partial charge in [-0.2, -0.15) is 5.10 Å². The molecule has 0 spiro atoms. The largest absolute Gasteiger partial charge is 0.388 e. The fourth-order valence-electron chi connectivity index (χ4n) is 5.18. The first-order valence-corrected chi connectivity index (χ1v) is 12.7. The van der Waals surface area contributed by atoms with Crippen LogP contribution in [0.25, 0.3) is 11.1 Å². The number of hydrogen-bond acceptors (Lipinski definition) is 6. The molecule has 2 aromatic heterocycles. The van der Waals surface area contributed by atoms with Crippen molar-refractivity contribution in [2.45, 2.75) is 65.1 Å². The summed E-state index contributed by atoms with van der Waals surface area (Å²) in [7, 11) is 0. The summed E-state index contributed by atoms with van der Waals surface area (Å²) in [5.74, 6) is 1.01. The van der Waals surface area contributed by atoms with Crippen molar-refractivity contribution >= 4 is 17.5 Å². The van der Waals surface area contributed by atoms with E-state index in [0.29, 0.717) is 34.7 Å². The topological polar surface area (TPSA) is 122 Å². The van der Waals surface area contributed by atoms with E-state index in [9.17, 15) is 14.7 Å². The van der Waals surface area contributed by atoms with Gasteiger partial charge in [0.2, 0.25) is 5.91 Å². The summed E-state index contributed by atoms with van der Waals surface area (Å²) < 4.78 is 6.86. The summed E-state index contributed by atoms with van der Waals surface area (Å²) in [4.78, 5) is 26.9. The lowest BCUT2D eigenvalue weighted by Gasteiger charge is -2.28. The van der Waals surface area contributed by atoms with Gasteiger partial charge in [-0.15, -0.1) is 0 Å². The smallest absolute Gasteiger partial charge is 0.270 e. The van der Waals surface area contributed by atoms with Crippen LogP contribution in [0.3, 0.4) is 0 Å². The minimum Gasteiger partial charge on any atom is -0.388 e. The number of nitrogens with one attached hydrogen (secondary N) is 2. The van der Waals surface area contributed by atoms with Gasteiger partial charge in [0.1, 0.15) is 18.3 Å². The average Bonchev–Trinajstić information content (AvgIpc) is 3.79. The molecule has 9 nitrogen and oxygen atoms in total. The normalized spacial score (nSPS) is 16.4. The molecule has 2 heterocycles. The van der Waals surface area contributed by atoms with Crippen molar-refractivity contribution in [2.24, 2.45) is 17.8 Å². The van der Waals surface area contributed by atoms with E-state index in [-0.39, 0.29) is 30.4 Å². The first-order chi connectivity index (χ1) is 17.4. The van der Waals surface area contributed by atoms with Crippen molar-refractivity contribution in [3.05, 3.63) is 53.7 Å². The minimum absolute atomic E-state index is 0.0367. The van der Waals surface area contributed by atoms with Crippen molar-refractivity contribution in [1.29, 1.82) is 0 Å². The molecule has 1 atom stereocenters. The Labute approximate surface area is 210 Å². The highest BCUT2D eigenvalue weighted by atomic mass is 16.5. The van der Waals surface area contributed by atoms with Crippen LogP contribution in [0.15, 0.2) is 41.1 Å². The summed E-state index contributed by atoms with van der Waals surface area (Å²) in [5, 5.41) is 23.8. The molecule has 36 heavy (non-hydrogen) atoms. The van der Waals surface area contributed by atoms with Gasteiger partial charge in [0.25, 0.3) is 5.91 Å². The number of carbonyl (C=O) groups is 2. The van der Waals surface area contributed by atoms with Gasteiger partial charge in [0.15, 0.2) is 5.76 Å². The maximum Gasteiger partial charge on any atom is 0.270 e. The lowest BCUT2D eigenvalue weighted by Crippen LogP contribution is -2.50. The number of rotatable bonds is 10. The molecule has 0 bridgehead atoms. The number of benzene rings is 1. The highest BCUT2D eigenvalue weighted by molar-refractivity contribution is 6.01. The first kappa shape index (κ1) is 24.2. The Kier molecular flexibility index (Phi) is 6.66. The number of hydrogen-bond donors (Lipinski definition) is 3. The molecule has 0 radical (unpaired) electrons. The quantitative estimate of drug-likeness (QED) is 0.393. The molecule has 2 aliphatic carbocycles. The average molecular weight is 492 g/mol. The van der Waals surface area contributed by atoms with Crippen molar-refractivity contribution in [1.82, 2.24) is 20.3 Å². The number of amides is 2. The molecule has 9 heteroatoms. The molecule has 2 saturated carbocycles. The van der Waals surface area contributed by atoms with Gasteiger partial charge in [0.05, 0.1) is 5.69 Å². The molecule has 3 aromatic rings. The van der Waals surface area contributed by atoms with Gasteiger partial charge in [-0.25, -0.2) is 0 Å². The van der Waals surface area contributed by atoms with Crippen molar-refractivity contribution in [3.8, 4) is 11.1 Å². The second-order valence-electron chi connectivity index (χ2n) is 10.2. The predicted molar refractivity (Wildman–Crippen MR) is 134 cm³/mol. The summed E-state index contributed by atoms with van der Waals surface area (Å²) in [5.41, 5.74) is 3.39. The zero-order chi connectivity index (χ0) is 25.4. The van der Waals surface area contributed by atoms with E-state index in [0.717, 1.165) is 36.8 Å². The third-order valence-electron chi connectivity index (χ3n) is 7.20. The Bertz CT molecular complexity index is 1230. The lowest BCUT2D eigenvalue weighted by molar-refractivity contribution is -0.119.